The number of carbonyl (C=O) groups is 1. The van der Waals surface area contributed by atoms with E-state index in [0.29, 0.717) is 35.7 Å². The Kier molecular flexibility index (Phi) is 6.47. The zero-order chi connectivity index (χ0) is 23.8. The van der Waals surface area contributed by atoms with Crippen LogP contribution in [-0.2, 0) is 21.9 Å². The van der Waals surface area contributed by atoms with Crippen molar-refractivity contribution in [2.45, 2.75) is 37.1 Å². The first kappa shape index (κ1) is 23.3. The Bertz CT molecular complexity index is 1330. The molecule has 1 aliphatic rings. The SMILES string of the molecule is Cc1c(NC(=O)[C@@H]2CCCCN2S(=O)(=O)c2ccc(Cl)cc2)c(=O)n(-c2ccccc2)n1C. The molecule has 2 heterocycles. The van der Waals surface area contributed by atoms with E-state index < -0.39 is 22.0 Å². The first-order valence-corrected chi connectivity index (χ1v) is 12.5. The summed E-state index contributed by atoms with van der Waals surface area (Å²) in [6.07, 6.45) is 1.74. The molecule has 8 nitrogen and oxygen atoms in total. The normalized spacial score (nSPS) is 17.1. The molecule has 1 aliphatic heterocycles. The predicted molar refractivity (Wildman–Crippen MR) is 127 cm³/mol. The number of piperidine rings is 1. The molecule has 0 aliphatic carbocycles. The lowest BCUT2D eigenvalue weighted by Crippen LogP contribution is -2.50. The molecule has 33 heavy (non-hydrogen) atoms. The maximum absolute atomic E-state index is 13.3. The van der Waals surface area contributed by atoms with Crippen LogP contribution in [0.3, 0.4) is 0 Å². The highest BCUT2D eigenvalue weighted by molar-refractivity contribution is 7.89. The molecule has 1 amide bonds. The molecular formula is C23H25ClN4O4S. The number of nitrogens with one attached hydrogen (secondary N) is 1. The van der Waals surface area contributed by atoms with E-state index in [2.05, 4.69) is 5.32 Å². The summed E-state index contributed by atoms with van der Waals surface area (Å²) in [7, 11) is -2.17. The summed E-state index contributed by atoms with van der Waals surface area (Å²) in [5.41, 5.74) is 0.997. The van der Waals surface area contributed by atoms with Gasteiger partial charge in [-0.05, 0) is 56.2 Å². The van der Waals surface area contributed by atoms with E-state index in [-0.39, 0.29) is 22.7 Å². The van der Waals surface area contributed by atoms with Gasteiger partial charge in [0.25, 0.3) is 5.56 Å². The van der Waals surface area contributed by atoms with Gasteiger partial charge in [0.1, 0.15) is 11.7 Å². The molecule has 0 spiro atoms. The minimum absolute atomic E-state index is 0.0777. The number of hydrogen-bond acceptors (Lipinski definition) is 4. The van der Waals surface area contributed by atoms with E-state index in [1.165, 1.54) is 33.3 Å². The van der Waals surface area contributed by atoms with Gasteiger partial charge in [-0.2, -0.15) is 4.31 Å². The number of benzene rings is 2. The molecule has 0 bridgehead atoms. The van der Waals surface area contributed by atoms with Gasteiger partial charge < -0.3 is 5.32 Å². The molecule has 1 fully saturated rings. The van der Waals surface area contributed by atoms with Crippen molar-refractivity contribution in [1.82, 2.24) is 13.7 Å². The second-order valence-corrected chi connectivity index (χ2v) is 10.3. The quantitative estimate of drug-likeness (QED) is 0.596. The van der Waals surface area contributed by atoms with Gasteiger partial charge in [-0.1, -0.05) is 36.2 Å². The number of halogens is 1. The van der Waals surface area contributed by atoms with Crippen LogP contribution >= 0.6 is 11.6 Å². The predicted octanol–water partition coefficient (Wildman–Crippen LogP) is 3.32. The van der Waals surface area contributed by atoms with Crippen LogP contribution < -0.4 is 10.9 Å². The number of para-hydroxylation sites is 1. The Hall–Kier alpha value is -2.88. The van der Waals surface area contributed by atoms with Gasteiger partial charge in [0.2, 0.25) is 15.9 Å². The molecular weight excluding hydrogens is 464 g/mol. The molecule has 174 valence electrons. The molecule has 1 saturated heterocycles. The van der Waals surface area contributed by atoms with Gasteiger partial charge >= 0.3 is 0 Å². The molecule has 4 rings (SSSR count). The van der Waals surface area contributed by atoms with E-state index in [9.17, 15) is 18.0 Å². The fourth-order valence-electron chi connectivity index (χ4n) is 4.12. The number of rotatable bonds is 5. The first-order valence-electron chi connectivity index (χ1n) is 10.6. The van der Waals surface area contributed by atoms with Gasteiger partial charge in [-0.3, -0.25) is 14.3 Å². The fourth-order valence-corrected chi connectivity index (χ4v) is 5.90. The Balaban J connectivity index is 1.65. The van der Waals surface area contributed by atoms with E-state index in [1.54, 1.807) is 30.8 Å². The summed E-state index contributed by atoms with van der Waals surface area (Å²) in [6, 6.07) is 14.1. The molecule has 0 radical (unpaired) electrons. The number of amides is 1. The minimum atomic E-state index is -3.91. The number of sulfonamides is 1. The van der Waals surface area contributed by atoms with Crippen LogP contribution in [-0.4, -0.2) is 40.6 Å². The third-order valence-electron chi connectivity index (χ3n) is 5.98. The fraction of sp³-hybridized carbons (Fsp3) is 0.304. The van der Waals surface area contributed by atoms with Crippen molar-refractivity contribution in [1.29, 1.82) is 0 Å². The minimum Gasteiger partial charge on any atom is -0.319 e. The summed E-state index contributed by atoms with van der Waals surface area (Å²) in [5.74, 6) is -0.516. The molecule has 1 N–H and O–H groups in total. The third-order valence-corrected chi connectivity index (χ3v) is 8.15. The average molecular weight is 489 g/mol. The summed E-state index contributed by atoms with van der Waals surface area (Å²) >= 11 is 5.90. The van der Waals surface area contributed by atoms with Crippen molar-refractivity contribution in [3.8, 4) is 5.69 Å². The molecule has 2 aromatic carbocycles. The van der Waals surface area contributed by atoms with Crippen LogP contribution in [0, 0.1) is 6.92 Å². The standard InChI is InChI=1S/C23H25ClN4O4S/c1-16-21(23(30)28(26(16)2)18-8-4-3-5-9-18)25-22(29)20-10-6-7-15-27(20)33(31,32)19-13-11-17(24)12-14-19/h3-5,8-9,11-14,20H,6-7,10,15H2,1-2H3,(H,25,29)/t20-/m0/s1. The van der Waals surface area contributed by atoms with Crippen molar-refractivity contribution in [2.24, 2.45) is 7.05 Å². The maximum atomic E-state index is 13.3. The summed E-state index contributed by atoms with van der Waals surface area (Å²) in [4.78, 5) is 26.5. The monoisotopic (exact) mass is 488 g/mol. The Morgan fingerprint density at radius 2 is 1.73 bits per heavy atom. The average Bonchev–Trinajstić information content (AvgIpc) is 3.03. The zero-order valence-corrected chi connectivity index (χ0v) is 19.9. The lowest BCUT2D eigenvalue weighted by Gasteiger charge is -2.33. The van der Waals surface area contributed by atoms with E-state index >= 15 is 0 Å². The first-order chi connectivity index (χ1) is 15.7. The number of anilines is 1. The lowest BCUT2D eigenvalue weighted by molar-refractivity contribution is -0.120. The summed E-state index contributed by atoms with van der Waals surface area (Å²) < 4.78 is 30.9. The topological polar surface area (TPSA) is 93.4 Å². The molecule has 1 aromatic heterocycles. The molecule has 1 atom stereocenters. The largest absolute Gasteiger partial charge is 0.319 e. The Morgan fingerprint density at radius 3 is 2.39 bits per heavy atom. The van der Waals surface area contributed by atoms with Gasteiger partial charge in [-0.25, -0.2) is 13.1 Å². The number of aromatic nitrogens is 2. The van der Waals surface area contributed by atoms with Gasteiger partial charge in [0, 0.05) is 18.6 Å². The second-order valence-electron chi connectivity index (χ2n) is 8.01. The highest BCUT2D eigenvalue weighted by Crippen LogP contribution is 2.27. The van der Waals surface area contributed by atoms with Crippen LogP contribution in [0.1, 0.15) is 25.0 Å². The van der Waals surface area contributed by atoms with E-state index in [0.717, 1.165) is 0 Å². The summed E-state index contributed by atoms with van der Waals surface area (Å²) in [6.45, 7) is 1.96. The number of nitrogens with zero attached hydrogens (tertiary/aromatic N) is 3. The Labute approximate surface area is 197 Å². The maximum Gasteiger partial charge on any atom is 0.295 e. The van der Waals surface area contributed by atoms with Crippen LogP contribution in [0.2, 0.25) is 5.02 Å². The van der Waals surface area contributed by atoms with Crippen LogP contribution in [0.5, 0.6) is 0 Å². The molecule has 10 heteroatoms. The molecule has 0 unspecified atom stereocenters. The highest BCUT2D eigenvalue weighted by atomic mass is 35.5. The van der Waals surface area contributed by atoms with Gasteiger partial charge in [-0.15, -0.1) is 0 Å². The summed E-state index contributed by atoms with van der Waals surface area (Å²) in [5, 5.41) is 3.15. The number of carbonyl (C=O) groups excluding carboxylic acids is 1. The van der Waals surface area contributed by atoms with E-state index in [1.807, 2.05) is 18.2 Å². The van der Waals surface area contributed by atoms with Crippen LogP contribution in [0.4, 0.5) is 5.69 Å². The van der Waals surface area contributed by atoms with Crippen molar-refractivity contribution in [2.75, 3.05) is 11.9 Å². The zero-order valence-electron chi connectivity index (χ0n) is 18.4. The Morgan fingerprint density at radius 1 is 1.06 bits per heavy atom. The van der Waals surface area contributed by atoms with Crippen LogP contribution in [0.25, 0.3) is 5.69 Å². The van der Waals surface area contributed by atoms with Crippen molar-refractivity contribution in [3.05, 3.63) is 75.7 Å². The van der Waals surface area contributed by atoms with Gasteiger partial charge in [0.05, 0.1) is 16.3 Å². The highest BCUT2D eigenvalue weighted by Gasteiger charge is 2.38. The van der Waals surface area contributed by atoms with E-state index in [4.69, 9.17) is 11.6 Å². The third kappa shape index (κ3) is 4.36. The van der Waals surface area contributed by atoms with Crippen molar-refractivity contribution < 1.29 is 13.2 Å². The lowest BCUT2D eigenvalue weighted by atomic mass is 10.0. The smallest absolute Gasteiger partial charge is 0.295 e. The van der Waals surface area contributed by atoms with Crippen molar-refractivity contribution >= 4 is 33.2 Å². The van der Waals surface area contributed by atoms with Gasteiger partial charge in [0.15, 0.2) is 0 Å². The molecule has 0 saturated carbocycles. The second kappa shape index (κ2) is 9.17. The van der Waals surface area contributed by atoms with Crippen LogP contribution in [0.15, 0.2) is 64.3 Å². The number of hydrogen-bond donors (Lipinski definition) is 1. The van der Waals surface area contributed by atoms with Crippen molar-refractivity contribution in [3.63, 3.8) is 0 Å². The molecule has 3 aromatic rings.